The Bertz CT molecular complexity index is 421. The Labute approximate surface area is 127 Å². The van der Waals surface area contributed by atoms with Crippen molar-refractivity contribution in [3.8, 4) is 0 Å². The van der Waals surface area contributed by atoms with E-state index in [-0.39, 0.29) is 5.82 Å². The van der Waals surface area contributed by atoms with Crippen LogP contribution in [-0.2, 0) is 4.74 Å². The molecule has 0 saturated heterocycles. The maximum absolute atomic E-state index is 12.9. The van der Waals surface area contributed by atoms with Crippen LogP contribution in [0.1, 0.15) is 56.4 Å². The number of ether oxygens (including phenoxy) is 1. The first-order valence-corrected chi connectivity index (χ1v) is 8.42. The number of rotatable bonds is 6. The van der Waals surface area contributed by atoms with Gasteiger partial charge in [0, 0.05) is 12.6 Å². The zero-order valence-corrected chi connectivity index (χ0v) is 12.7. The standard InChI is InChI=1S/C18H26FNO/c19-16-8-6-14(7-9-16)15-12-17(13-15)20-10-11-21-18-4-2-1-3-5-18/h6-9,15,17-18,20H,1-5,10-13H2. The normalized spacial score (nSPS) is 26.5. The van der Waals surface area contributed by atoms with Gasteiger partial charge in [-0.1, -0.05) is 31.4 Å². The van der Waals surface area contributed by atoms with E-state index in [9.17, 15) is 4.39 Å². The second-order valence-electron chi connectivity index (χ2n) is 6.50. The molecule has 2 nitrogen and oxygen atoms in total. The summed E-state index contributed by atoms with van der Waals surface area (Å²) < 4.78 is 18.8. The third-order valence-corrected chi connectivity index (χ3v) is 4.92. The predicted octanol–water partition coefficient (Wildman–Crippen LogP) is 4.01. The smallest absolute Gasteiger partial charge is 0.123 e. The minimum atomic E-state index is -0.146. The summed E-state index contributed by atoms with van der Waals surface area (Å²) in [6.07, 6.45) is 9.37. The second kappa shape index (κ2) is 7.37. The van der Waals surface area contributed by atoms with Gasteiger partial charge in [0.2, 0.25) is 0 Å². The van der Waals surface area contributed by atoms with Gasteiger partial charge in [0.25, 0.3) is 0 Å². The average Bonchev–Trinajstić information content (AvgIpc) is 2.48. The van der Waals surface area contributed by atoms with Gasteiger partial charge in [0.1, 0.15) is 5.82 Å². The van der Waals surface area contributed by atoms with Crippen molar-refractivity contribution in [2.75, 3.05) is 13.2 Å². The molecule has 21 heavy (non-hydrogen) atoms. The number of nitrogens with one attached hydrogen (secondary N) is 1. The summed E-state index contributed by atoms with van der Waals surface area (Å²) in [6.45, 7) is 1.79. The highest BCUT2D eigenvalue weighted by Crippen LogP contribution is 2.36. The SMILES string of the molecule is Fc1ccc(C2CC(NCCOC3CCCCC3)C2)cc1. The van der Waals surface area contributed by atoms with Crippen LogP contribution in [0.15, 0.2) is 24.3 Å². The molecule has 0 atom stereocenters. The lowest BCUT2D eigenvalue weighted by molar-refractivity contribution is 0.0280. The molecule has 1 N–H and O–H groups in total. The maximum atomic E-state index is 12.9. The van der Waals surface area contributed by atoms with Crippen LogP contribution in [0.2, 0.25) is 0 Å². The van der Waals surface area contributed by atoms with Crippen LogP contribution in [0, 0.1) is 5.82 Å². The molecule has 0 aromatic heterocycles. The van der Waals surface area contributed by atoms with Crippen molar-refractivity contribution in [1.29, 1.82) is 0 Å². The lowest BCUT2D eigenvalue weighted by Gasteiger charge is -2.36. The van der Waals surface area contributed by atoms with E-state index in [4.69, 9.17) is 4.74 Å². The minimum Gasteiger partial charge on any atom is -0.377 e. The molecule has 1 aromatic rings. The number of hydrogen-bond acceptors (Lipinski definition) is 2. The van der Waals surface area contributed by atoms with Crippen LogP contribution in [0.5, 0.6) is 0 Å². The molecule has 0 heterocycles. The van der Waals surface area contributed by atoms with Gasteiger partial charge in [-0.2, -0.15) is 0 Å². The van der Waals surface area contributed by atoms with E-state index in [0.29, 0.717) is 18.1 Å². The molecule has 2 aliphatic rings. The first kappa shape index (κ1) is 15.0. The first-order valence-electron chi connectivity index (χ1n) is 8.42. The molecule has 0 amide bonds. The van der Waals surface area contributed by atoms with Crippen molar-refractivity contribution in [2.24, 2.45) is 0 Å². The predicted molar refractivity (Wildman–Crippen MR) is 83.0 cm³/mol. The topological polar surface area (TPSA) is 21.3 Å². The molecular weight excluding hydrogens is 265 g/mol. The fraction of sp³-hybridized carbons (Fsp3) is 0.667. The molecule has 2 fully saturated rings. The van der Waals surface area contributed by atoms with Gasteiger partial charge in [-0.25, -0.2) is 4.39 Å². The fourth-order valence-corrected chi connectivity index (χ4v) is 3.51. The Kier molecular flexibility index (Phi) is 5.26. The van der Waals surface area contributed by atoms with E-state index in [0.717, 1.165) is 26.0 Å². The van der Waals surface area contributed by atoms with E-state index in [2.05, 4.69) is 5.32 Å². The lowest BCUT2D eigenvalue weighted by Crippen LogP contribution is -2.41. The quantitative estimate of drug-likeness (QED) is 0.800. The van der Waals surface area contributed by atoms with Crippen LogP contribution >= 0.6 is 0 Å². The largest absolute Gasteiger partial charge is 0.377 e. The van der Waals surface area contributed by atoms with E-state index >= 15 is 0 Å². The van der Waals surface area contributed by atoms with Gasteiger partial charge >= 0.3 is 0 Å². The average molecular weight is 291 g/mol. The van der Waals surface area contributed by atoms with Gasteiger partial charge in [0.15, 0.2) is 0 Å². The number of hydrogen-bond donors (Lipinski definition) is 1. The van der Waals surface area contributed by atoms with Crippen LogP contribution in [0.4, 0.5) is 4.39 Å². The third-order valence-electron chi connectivity index (χ3n) is 4.92. The summed E-state index contributed by atoms with van der Waals surface area (Å²) in [5.74, 6) is 0.454. The zero-order chi connectivity index (χ0) is 14.5. The molecule has 0 spiro atoms. The Hall–Kier alpha value is -0.930. The number of benzene rings is 1. The summed E-state index contributed by atoms with van der Waals surface area (Å²) in [4.78, 5) is 0. The van der Waals surface area contributed by atoms with E-state index in [1.165, 1.54) is 37.7 Å². The van der Waals surface area contributed by atoms with E-state index in [1.807, 2.05) is 12.1 Å². The molecule has 3 heteroatoms. The fourth-order valence-electron chi connectivity index (χ4n) is 3.51. The van der Waals surface area contributed by atoms with Crippen LogP contribution < -0.4 is 5.32 Å². The van der Waals surface area contributed by atoms with Crippen molar-refractivity contribution in [3.63, 3.8) is 0 Å². The highest BCUT2D eigenvalue weighted by molar-refractivity contribution is 5.23. The Morgan fingerprint density at radius 3 is 2.48 bits per heavy atom. The van der Waals surface area contributed by atoms with Crippen LogP contribution in [-0.4, -0.2) is 25.3 Å². The summed E-state index contributed by atoms with van der Waals surface area (Å²) in [6, 6.07) is 7.57. The Morgan fingerprint density at radius 1 is 1.05 bits per heavy atom. The summed E-state index contributed by atoms with van der Waals surface area (Å²) >= 11 is 0. The molecule has 116 valence electrons. The Balaban J connectivity index is 1.28. The summed E-state index contributed by atoms with van der Waals surface area (Å²) in [5, 5.41) is 3.57. The monoisotopic (exact) mass is 291 g/mol. The van der Waals surface area contributed by atoms with Gasteiger partial charge in [0.05, 0.1) is 12.7 Å². The Morgan fingerprint density at radius 2 is 1.76 bits per heavy atom. The van der Waals surface area contributed by atoms with Gasteiger partial charge in [-0.3, -0.25) is 0 Å². The molecule has 2 saturated carbocycles. The molecule has 0 aliphatic heterocycles. The van der Waals surface area contributed by atoms with E-state index < -0.39 is 0 Å². The van der Waals surface area contributed by atoms with E-state index in [1.54, 1.807) is 12.1 Å². The van der Waals surface area contributed by atoms with Gasteiger partial charge < -0.3 is 10.1 Å². The molecule has 0 bridgehead atoms. The van der Waals surface area contributed by atoms with Crippen molar-refractivity contribution in [2.45, 2.75) is 63.0 Å². The first-order chi connectivity index (χ1) is 10.3. The highest BCUT2D eigenvalue weighted by atomic mass is 19.1. The summed E-state index contributed by atoms with van der Waals surface area (Å²) in [7, 11) is 0. The maximum Gasteiger partial charge on any atom is 0.123 e. The zero-order valence-electron chi connectivity index (χ0n) is 12.7. The molecular formula is C18H26FNO. The van der Waals surface area contributed by atoms with Crippen LogP contribution in [0.3, 0.4) is 0 Å². The van der Waals surface area contributed by atoms with Gasteiger partial charge in [-0.15, -0.1) is 0 Å². The van der Waals surface area contributed by atoms with Crippen molar-refractivity contribution in [3.05, 3.63) is 35.6 Å². The number of halogens is 1. The lowest BCUT2D eigenvalue weighted by atomic mass is 9.76. The molecule has 0 radical (unpaired) electrons. The summed E-state index contributed by atoms with van der Waals surface area (Å²) in [5.41, 5.74) is 1.27. The molecule has 2 aliphatic carbocycles. The molecule has 1 aromatic carbocycles. The molecule has 3 rings (SSSR count). The second-order valence-corrected chi connectivity index (χ2v) is 6.50. The van der Waals surface area contributed by atoms with Crippen molar-refractivity contribution in [1.82, 2.24) is 5.32 Å². The third kappa shape index (κ3) is 4.27. The van der Waals surface area contributed by atoms with Crippen molar-refractivity contribution >= 4 is 0 Å². The van der Waals surface area contributed by atoms with Crippen molar-refractivity contribution < 1.29 is 9.13 Å². The van der Waals surface area contributed by atoms with Crippen LogP contribution in [0.25, 0.3) is 0 Å². The van der Waals surface area contributed by atoms with Gasteiger partial charge in [-0.05, 0) is 49.3 Å². The molecule has 0 unspecified atom stereocenters. The highest BCUT2D eigenvalue weighted by Gasteiger charge is 2.29. The minimum absolute atomic E-state index is 0.146.